The number of alkyl halides is 3. The van der Waals surface area contributed by atoms with E-state index in [9.17, 15) is 13.2 Å². The third-order valence-corrected chi connectivity index (χ3v) is 3.66. The van der Waals surface area contributed by atoms with Gasteiger partial charge in [0.25, 0.3) is 0 Å². The molecule has 0 amide bonds. The fourth-order valence-corrected chi connectivity index (χ4v) is 2.23. The van der Waals surface area contributed by atoms with Crippen LogP contribution >= 0.6 is 23.2 Å². The van der Waals surface area contributed by atoms with Crippen LogP contribution < -0.4 is 4.74 Å². The van der Waals surface area contributed by atoms with E-state index in [4.69, 9.17) is 27.9 Å². The maximum Gasteiger partial charge on any atom is 0.471 e. The van der Waals surface area contributed by atoms with Crippen LogP contribution in [0.15, 0.2) is 35.1 Å². The van der Waals surface area contributed by atoms with Crippen LogP contribution in [-0.2, 0) is 12.8 Å². The molecular formula is C14H7Cl2F3N4O2. The van der Waals surface area contributed by atoms with E-state index in [1.165, 1.54) is 18.5 Å². The number of hydrogen-bond acceptors (Lipinski definition) is 6. The Balaban J connectivity index is 1.85. The van der Waals surface area contributed by atoms with Crippen LogP contribution in [0.4, 0.5) is 13.2 Å². The summed E-state index contributed by atoms with van der Waals surface area (Å²) in [7, 11) is 0. The van der Waals surface area contributed by atoms with Crippen LogP contribution in [0.1, 0.15) is 11.6 Å². The maximum absolute atomic E-state index is 12.6. The van der Waals surface area contributed by atoms with Crippen molar-refractivity contribution in [3.63, 3.8) is 0 Å². The zero-order valence-electron chi connectivity index (χ0n) is 12.1. The Morgan fingerprint density at radius 1 is 1.12 bits per heavy atom. The highest BCUT2D eigenvalue weighted by atomic mass is 35.5. The zero-order chi connectivity index (χ0) is 18.0. The third kappa shape index (κ3) is 3.83. The number of hydrogen-bond donors (Lipinski definition) is 0. The molecule has 0 aromatic carbocycles. The van der Waals surface area contributed by atoms with Crippen LogP contribution in [-0.4, -0.2) is 20.1 Å². The van der Waals surface area contributed by atoms with E-state index in [0.29, 0.717) is 10.7 Å². The molecule has 0 bridgehead atoms. The molecule has 0 saturated heterocycles. The van der Waals surface area contributed by atoms with Crippen molar-refractivity contribution in [2.24, 2.45) is 0 Å². The molecule has 0 fully saturated rings. The van der Waals surface area contributed by atoms with Crippen molar-refractivity contribution in [2.75, 3.05) is 0 Å². The first-order chi connectivity index (χ1) is 11.9. The van der Waals surface area contributed by atoms with E-state index in [0.717, 1.165) is 0 Å². The highest BCUT2D eigenvalue weighted by Crippen LogP contribution is 2.35. The summed E-state index contributed by atoms with van der Waals surface area (Å²) in [5, 5.41) is 3.61. The summed E-state index contributed by atoms with van der Waals surface area (Å²) in [5.74, 6) is -1.84. The maximum atomic E-state index is 12.6. The molecule has 3 rings (SSSR count). The molecule has 0 N–H and O–H groups in total. The van der Waals surface area contributed by atoms with E-state index < -0.39 is 12.1 Å². The normalized spacial score (nSPS) is 11.6. The summed E-state index contributed by atoms with van der Waals surface area (Å²) in [5.41, 5.74) is 0.532. The summed E-state index contributed by atoms with van der Waals surface area (Å²) in [6.45, 7) is -0.0319. The molecule has 6 nitrogen and oxygen atoms in total. The van der Waals surface area contributed by atoms with Crippen LogP contribution in [0.3, 0.4) is 0 Å². The molecule has 0 spiro atoms. The smallest absolute Gasteiger partial charge is 0.470 e. The number of ether oxygens (including phenoxy) is 1. The monoisotopic (exact) mass is 390 g/mol. The molecule has 0 radical (unpaired) electrons. The largest absolute Gasteiger partial charge is 0.471 e. The van der Waals surface area contributed by atoms with E-state index in [-0.39, 0.29) is 28.9 Å². The second kappa shape index (κ2) is 6.85. The van der Waals surface area contributed by atoms with Crippen molar-refractivity contribution in [3.8, 4) is 17.3 Å². The average Bonchev–Trinajstić information content (AvgIpc) is 3.05. The van der Waals surface area contributed by atoms with E-state index in [1.54, 1.807) is 12.1 Å². The standard InChI is InChI=1S/C14H7Cl2F3N4O2/c15-8-2-1-4-20-9(8)6-24-12-10(16)7(3-5-21-12)11-22-13(25-23-11)14(17,18)19/h1-5H,6H2. The number of halogens is 5. The highest BCUT2D eigenvalue weighted by molar-refractivity contribution is 6.34. The Labute approximate surface area is 148 Å². The number of aromatic nitrogens is 4. The summed E-state index contributed by atoms with van der Waals surface area (Å²) < 4.78 is 47.3. The second-order valence-corrected chi connectivity index (χ2v) is 5.40. The van der Waals surface area contributed by atoms with Gasteiger partial charge in [-0.05, 0) is 18.2 Å². The molecular weight excluding hydrogens is 384 g/mol. The van der Waals surface area contributed by atoms with Crippen molar-refractivity contribution < 1.29 is 22.4 Å². The molecule has 130 valence electrons. The lowest BCUT2D eigenvalue weighted by Crippen LogP contribution is -2.05. The zero-order valence-corrected chi connectivity index (χ0v) is 13.6. The van der Waals surface area contributed by atoms with Gasteiger partial charge in [-0.2, -0.15) is 18.2 Å². The molecule has 3 aromatic rings. The quantitative estimate of drug-likeness (QED) is 0.655. The van der Waals surface area contributed by atoms with Crippen LogP contribution in [0, 0.1) is 0 Å². The Morgan fingerprint density at radius 3 is 2.60 bits per heavy atom. The molecule has 0 aliphatic rings. The number of rotatable bonds is 4. The molecule has 25 heavy (non-hydrogen) atoms. The van der Waals surface area contributed by atoms with Gasteiger partial charge in [-0.15, -0.1) is 0 Å². The Hall–Kier alpha value is -2.39. The summed E-state index contributed by atoms with van der Waals surface area (Å²) in [6, 6.07) is 4.64. The van der Waals surface area contributed by atoms with Gasteiger partial charge in [0.2, 0.25) is 11.7 Å². The predicted molar refractivity (Wildman–Crippen MR) is 81.1 cm³/mol. The van der Waals surface area contributed by atoms with Gasteiger partial charge in [-0.25, -0.2) is 4.98 Å². The molecule has 0 aliphatic heterocycles. The van der Waals surface area contributed by atoms with Crippen molar-refractivity contribution in [3.05, 3.63) is 52.2 Å². The lowest BCUT2D eigenvalue weighted by Gasteiger charge is -2.09. The number of nitrogens with zero attached hydrogens (tertiary/aromatic N) is 4. The van der Waals surface area contributed by atoms with E-state index >= 15 is 0 Å². The fourth-order valence-electron chi connectivity index (χ4n) is 1.81. The minimum Gasteiger partial charge on any atom is -0.470 e. The number of pyridine rings is 2. The first kappa shape index (κ1) is 17.4. The molecule has 3 heterocycles. The van der Waals surface area contributed by atoms with Gasteiger partial charge in [-0.3, -0.25) is 4.98 Å². The summed E-state index contributed by atoms with van der Waals surface area (Å²) in [4.78, 5) is 11.3. The third-order valence-electron chi connectivity index (χ3n) is 2.95. The van der Waals surface area contributed by atoms with Gasteiger partial charge in [0.05, 0.1) is 10.7 Å². The van der Waals surface area contributed by atoms with Crippen LogP contribution in [0.2, 0.25) is 10.0 Å². The van der Waals surface area contributed by atoms with Crippen LogP contribution in [0.25, 0.3) is 11.4 Å². The fraction of sp³-hybridized carbons (Fsp3) is 0.143. The average molecular weight is 391 g/mol. The molecule has 0 saturated carbocycles. The predicted octanol–water partition coefficient (Wildman–Crippen LogP) is 4.43. The minimum absolute atomic E-state index is 0.0285. The van der Waals surface area contributed by atoms with Crippen molar-refractivity contribution >= 4 is 23.2 Å². The SMILES string of the molecule is FC(F)(F)c1nc(-c2ccnc(OCc3ncccc3Cl)c2Cl)no1. The Bertz CT molecular complexity index is 902. The minimum atomic E-state index is -4.75. The van der Waals surface area contributed by atoms with Gasteiger partial charge in [0, 0.05) is 18.0 Å². The van der Waals surface area contributed by atoms with Gasteiger partial charge in [0.1, 0.15) is 11.6 Å². The lowest BCUT2D eigenvalue weighted by molar-refractivity contribution is -0.159. The Kier molecular flexibility index (Phi) is 4.78. The van der Waals surface area contributed by atoms with E-state index in [1.807, 2.05) is 0 Å². The Morgan fingerprint density at radius 2 is 1.92 bits per heavy atom. The van der Waals surface area contributed by atoms with Crippen LogP contribution in [0.5, 0.6) is 5.88 Å². The highest BCUT2D eigenvalue weighted by Gasteiger charge is 2.38. The van der Waals surface area contributed by atoms with Crippen molar-refractivity contribution in [2.45, 2.75) is 12.8 Å². The molecule has 3 aromatic heterocycles. The lowest BCUT2D eigenvalue weighted by atomic mass is 10.2. The van der Waals surface area contributed by atoms with Gasteiger partial charge in [-0.1, -0.05) is 28.4 Å². The summed E-state index contributed by atoms with van der Waals surface area (Å²) in [6.07, 6.45) is -1.92. The first-order valence-corrected chi connectivity index (χ1v) is 7.40. The second-order valence-electron chi connectivity index (χ2n) is 4.62. The molecule has 0 aliphatic carbocycles. The van der Waals surface area contributed by atoms with E-state index in [2.05, 4.69) is 24.6 Å². The van der Waals surface area contributed by atoms with Gasteiger partial charge < -0.3 is 9.26 Å². The first-order valence-electron chi connectivity index (χ1n) is 6.64. The molecule has 0 atom stereocenters. The summed E-state index contributed by atoms with van der Waals surface area (Å²) >= 11 is 12.1. The van der Waals surface area contributed by atoms with Gasteiger partial charge >= 0.3 is 12.1 Å². The topological polar surface area (TPSA) is 73.9 Å². The molecule has 11 heteroatoms. The van der Waals surface area contributed by atoms with Gasteiger partial charge in [0.15, 0.2) is 0 Å². The van der Waals surface area contributed by atoms with Crippen molar-refractivity contribution in [1.82, 2.24) is 20.1 Å². The molecule has 0 unspecified atom stereocenters. The van der Waals surface area contributed by atoms with Crippen molar-refractivity contribution in [1.29, 1.82) is 0 Å².